The second-order valence-corrected chi connectivity index (χ2v) is 6.80. The molecule has 144 valence electrons. The number of benzene rings is 2. The van der Waals surface area contributed by atoms with Gasteiger partial charge in [-0.2, -0.15) is 0 Å². The highest BCUT2D eigenvalue weighted by Crippen LogP contribution is 2.21. The Morgan fingerprint density at radius 3 is 2.64 bits per heavy atom. The van der Waals surface area contributed by atoms with Crippen molar-refractivity contribution in [2.24, 2.45) is 0 Å². The Morgan fingerprint density at radius 1 is 1.11 bits per heavy atom. The maximum absolute atomic E-state index is 12.5. The van der Waals surface area contributed by atoms with Crippen LogP contribution in [0.1, 0.15) is 21.6 Å². The number of nitrogens with one attached hydrogen (secondary N) is 2. The summed E-state index contributed by atoms with van der Waals surface area (Å²) < 4.78 is 5.17. The van der Waals surface area contributed by atoms with E-state index in [0.29, 0.717) is 16.4 Å². The van der Waals surface area contributed by atoms with E-state index in [1.807, 2.05) is 43.3 Å². The van der Waals surface area contributed by atoms with Crippen molar-refractivity contribution in [1.29, 1.82) is 0 Å². The number of methoxy groups -OCH3 is 1. The summed E-state index contributed by atoms with van der Waals surface area (Å²) >= 11 is 6.01. The molecule has 6 heteroatoms. The minimum atomic E-state index is -0.274. The monoisotopic (exact) mass is 395 g/mol. The Bertz CT molecular complexity index is 958. The largest absolute Gasteiger partial charge is 0.497 e. The molecule has 0 unspecified atom stereocenters. The Balaban J connectivity index is 1.59. The van der Waals surface area contributed by atoms with E-state index in [0.717, 1.165) is 30.0 Å². The quantitative estimate of drug-likeness (QED) is 0.593. The van der Waals surface area contributed by atoms with Crippen LogP contribution in [0.3, 0.4) is 0 Å². The summed E-state index contributed by atoms with van der Waals surface area (Å²) in [5.74, 6) is 0.570. The van der Waals surface area contributed by atoms with Crippen LogP contribution >= 0.6 is 11.6 Å². The first-order chi connectivity index (χ1) is 13.5. The van der Waals surface area contributed by atoms with Crippen LogP contribution in [0.25, 0.3) is 0 Å². The van der Waals surface area contributed by atoms with E-state index in [9.17, 15) is 4.79 Å². The molecule has 0 radical (unpaired) electrons. The van der Waals surface area contributed by atoms with Gasteiger partial charge in [0.2, 0.25) is 0 Å². The first-order valence-corrected chi connectivity index (χ1v) is 9.33. The maximum Gasteiger partial charge on any atom is 0.274 e. The molecule has 0 aliphatic heterocycles. The van der Waals surface area contributed by atoms with Crippen molar-refractivity contribution in [3.8, 4) is 5.75 Å². The normalized spacial score (nSPS) is 10.4. The molecule has 28 heavy (non-hydrogen) atoms. The van der Waals surface area contributed by atoms with E-state index in [4.69, 9.17) is 16.3 Å². The van der Waals surface area contributed by atoms with Gasteiger partial charge in [-0.25, -0.2) is 0 Å². The van der Waals surface area contributed by atoms with Crippen molar-refractivity contribution in [2.45, 2.75) is 13.3 Å². The highest BCUT2D eigenvalue weighted by Gasteiger charge is 2.10. The fraction of sp³-hybridized carbons (Fsp3) is 0.182. The SMILES string of the molecule is COc1ccc(CCNc2ccnc(C(=O)Nc3cc(Cl)ccc3C)c2)cc1. The first kappa shape index (κ1) is 19.7. The number of amides is 1. The molecule has 1 amide bonds. The van der Waals surface area contributed by atoms with Gasteiger partial charge in [0, 0.05) is 29.1 Å². The fourth-order valence-corrected chi connectivity index (χ4v) is 2.90. The number of pyridine rings is 1. The van der Waals surface area contributed by atoms with E-state index in [1.165, 1.54) is 5.56 Å². The molecule has 5 nitrogen and oxygen atoms in total. The minimum Gasteiger partial charge on any atom is -0.497 e. The van der Waals surface area contributed by atoms with Crippen LogP contribution in [0.4, 0.5) is 11.4 Å². The van der Waals surface area contributed by atoms with Gasteiger partial charge in [-0.1, -0.05) is 29.8 Å². The molecule has 0 saturated carbocycles. The zero-order valence-corrected chi connectivity index (χ0v) is 16.6. The zero-order valence-electron chi connectivity index (χ0n) is 15.8. The van der Waals surface area contributed by atoms with Gasteiger partial charge < -0.3 is 15.4 Å². The second-order valence-electron chi connectivity index (χ2n) is 6.37. The average molecular weight is 396 g/mol. The van der Waals surface area contributed by atoms with Crippen molar-refractivity contribution in [3.05, 3.63) is 82.6 Å². The highest BCUT2D eigenvalue weighted by atomic mass is 35.5. The second kappa shape index (κ2) is 9.24. The van der Waals surface area contributed by atoms with Gasteiger partial charge >= 0.3 is 0 Å². The number of nitrogens with zero attached hydrogens (tertiary/aromatic N) is 1. The predicted octanol–water partition coefficient (Wildman–Crippen LogP) is 4.96. The third-order valence-electron chi connectivity index (χ3n) is 4.34. The van der Waals surface area contributed by atoms with E-state index in [1.54, 1.807) is 31.5 Å². The molecule has 1 aromatic heterocycles. The van der Waals surface area contributed by atoms with Crippen LogP contribution < -0.4 is 15.4 Å². The van der Waals surface area contributed by atoms with Crippen LogP contribution in [0.15, 0.2) is 60.8 Å². The molecular formula is C22H22ClN3O2. The summed E-state index contributed by atoms with van der Waals surface area (Å²) in [6.45, 7) is 2.65. The van der Waals surface area contributed by atoms with Crippen molar-refractivity contribution >= 4 is 28.9 Å². The van der Waals surface area contributed by atoms with Crippen molar-refractivity contribution < 1.29 is 9.53 Å². The maximum atomic E-state index is 12.5. The molecule has 0 fully saturated rings. The topological polar surface area (TPSA) is 63.2 Å². The van der Waals surface area contributed by atoms with E-state index >= 15 is 0 Å². The number of aromatic nitrogens is 1. The fourth-order valence-electron chi connectivity index (χ4n) is 2.72. The number of carbonyl (C=O) groups is 1. The van der Waals surface area contributed by atoms with E-state index in [2.05, 4.69) is 15.6 Å². The van der Waals surface area contributed by atoms with Crippen LogP contribution in [0.2, 0.25) is 5.02 Å². The summed E-state index contributed by atoms with van der Waals surface area (Å²) in [5.41, 5.74) is 4.01. The van der Waals surface area contributed by atoms with Gasteiger partial charge in [0.15, 0.2) is 0 Å². The highest BCUT2D eigenvalue weighted by molar-refractivity contribution is 6.31. The Hall–Kier alpha value is -3.05. The Labute approximate surface area is 169 Å². The van der Waals surface area contributed by atoms with Gasteiger partial charge in [0.25, 0.3) is 5.91 Å². The summed E-state index contributed by atoms with van der Waals surface area (Å²) in [6.07, 6.45) is 2.48. The van der Waals surface area contributed by atoms with Gasteiger partial charge in [-0.05, 0) is 60.9 Å². The number of hydrogen-bond acceptors (Lipinski definition) is 4. The third-order valence-corrected chi connectivity index (χ3v) is 4.58. The smallest absolute Gasteiger partial charge is 0.274 e. The summed E-state index contributed by atoms with van der Waals surface area (Å²) in [7, 11) is 1.65. The van der Waals surface area contributed by atoms with Gasteiger partial charge in [-0.3, -0.25) is 9.78 Å². The van der Waals surface area contributed by atoms with Crippen molar-refractivity contribution in [2.75, 3.05) is 24.3 Å². The minimum absolute atomic E-state index is 0.274. The lowest BCUT2D eigenvalue weighted by Crippen LogP contribution is -2.15. The standard InChI is InChI=1S/C22H22ClN3O2/c1-15-3-6-17(23)13-20(15)26-22(27)21-14-18(10-12-25-21)24-11-9-16-4-7-19(28-2)8-5-16/h3-8,10,12-14H,9,11H2,1-2H3,(H,24,25)(H,26,27). The molecule has 0 aliphatic carbocycles. The van der Waals surface area contributed by atoms with Crippen molar-refractivity contribution in [1.82, 2.24) is 4.98 Å². The lowest BCUT2D eigenvalue weighted by molar-refractivity contribution is 0.102. The Morgan fingerprint density at radius 2 is 1.89 bits per heavy atom. The molecule has 1 heterocycles. The summed E-state index contributed by atoms with van der Waals surface area (Å²) in [6, 6.07) is 16.9. The van der Waals surface area contributed by atoms with Gasteiger partial charge in [0.05, 0.1) is 7.11 Å². The molecule has 2 N–H and O–H groups in total. The number of ether oxygens (including phenoxy) is 1. The average Bonchev–Trinajstić information content (AvgIpc) is 2.71. The number of halogens is 1. The molecule has 3 aromatic rings. The number of rotatable bonds is 7. The molecule has 0 aliphatic rings. The lowest BCUT2D eigenvalue weighted by atomic mass is 10.1. The number of aryl methyl sites for hydroxylation is 1. The molecule has 2 aromatic carbocycles. The third kappa shape index (κ3) is 5.24. The number of anilines is 2. The van der Waals surface area contributed by atoms with Crippen LogP contribution in [-0.4, -0.2) is 24.5 Å². The Kier molecular flexibility index (Phi) is 6.50. The number of carbonyl (C=O) groups excluding carboxylic acids is 1. The predicted molar refractivity (Wildman–Crippen MR) is 114 cm³/mol. The molecule has 0 bridgehead atoms. The van der Waals surface area contributed by atoms with Crippen LogP contribution in [0, 0.1) is 6.92 Å². The summed E-state index contributed by atoms with van der Waals surface area (Å²) in [4.78, 5) is 16.7. The molecule has 0 spiro atoms. The van der Waals surface area contributed by atoms with Crippen molar-refractivity contribution in [3.63, 3.8) is 0 Å². The first-order valence-electron chi connectivity index (χ1n) is 8.95. The summed E-state index contributed by atoms with van der Waals surface area (Å²) in [5, 5.41) is 6.76. The molecule has 0 atom stereocenters. The number of hydrogen-bond donors (Lipinski definition) is 2. The lowest BCUT2D eigenvalue weighted by Gasteiger charge is -2.10. The van der Waals surface area contributed by atoms with Gasteiger partial charge in [0.1, 0.15) is 11.4 Å². The van der Waals surface area contributed by atoms with Crippen LogP contribution in [-0.2, 0) is 6.42 Å². The van der Waals surface area contributed by atoms with E-state index in [-0.39, 0.29) is 5.91 Å². The van der Waals surface area contributed by atoms with E-state index < -0.39 is 0 Å². The van der Waals surface area contributed by atoms with Gasteiger partial charge in [-0.15, -0.1) is 0 Å². The van der Waals surface area contributed by atoms with Crippen LogP contribution in [0.5, 0.6) is 5.75 Å². The molecule has 3 rings (SSSR count). The molecule has 0 saturated heterocycles. The zero-order chi connectivity index (χ0) is 19.9. The molecular weight excluding hydrogens is 374 g/mol.